The Morgan fingerprint density at radius 3 is 1.59 bits per heavy atom. The fourth-order valence-corrected chi connectivity index (χ4v) is 5.68. The van der Waals surface area contributed by atoms with Crippen LogP contribution in [0.3, 0.4) is 0 Å². The highest BCUT2D eigenvalue weighted by molar-refractivity contribution is 4.78. The number of likely N-dealkylation sites (tertiary alicyclic amines) is 2. The van der Waals surface area contributed by atoms with Gasteiger partial charge in [-0.05, 0) is 106 Å². The molecule has 41 heavy (non-hydrogen) atoms. The van der Waals surface area contributed by atoms with Crippen molar-refractivity contribution in [3.63, 3.8) is 0 Å². The van der Waals surface area contributed by atoms with Gasteiger partial charge in [0.05, 0.1) is 12.2 Å². The lowest BCUT2D eigenvalue weighted by Gasteiger charge is -2.23. The van der Waals surface area contributed by atoms with E-state index in [-0.39, 0.29) is 13.3 Å². The summed E-state index contributed by atoms with van der Waals surface area (Å²) in [6.45, 7) is 25.3. The summed E-state index contributed by atoms with van der Waals surface area (Å²) >= 11 is 0. The molecule has 4 nitrogen and oxygen atoms in total. The summed E-state index contributed by atoms with van der Waals surface area (Å²) in [4.78, 5) is 4.45. The molecule has 3 aliphatic heterocycles. The highest BCUT2D eigenvalue weighted by atomic mass is 19.1. The Bertz CT molecular complexity index is 565. The quantitative estimate of drug-likeness (QED) is 0.228. The molecule has 0 amide bonds. The number of rotatable bonds is 12. The molecule has 3 saturated heterocycles. The van der Waals surface area contributed by atoms with Gasteiger partial charge in [0.1, 0.15) is 13.3 Å². The van der Waals surface area contributed by atoms with Gasteiger partial charge in [-0.3, -0.25) is 0 Å². The molecule has 3 heterocycles. The third-order valence-corrected chi connectivity index (χ3v) is 8.89. The Morgan fingerprint density at radius 1 is 0.707 bits per heavy atom. The van der Waals surface area contributed by atoms with Gasteiger partial charge in [-0.2, -0.15) is 0 Å². The van der Waals surface area contributed by atoms with E-state index >= 15 is 0 Å². The van der Waals surface area contributed by atoms with Crippen molar-refractivity contribution in [1.29, 1.82) is 0 Å². The molecule has 2 unspecified atom stereocenters. The first kappa shape index (κ1) is 38.7. The first-order chi connectivity index (χ1) is 19.5. The molecule has 0 aromatic rings. The van der Waals surface area contributed by atoms with Crippen molar-refractivity contribution in [3.8, 4) is 0 Å². The van der Waals surface area contributed by atoms with E-state index in [0.29, 0.717) is 25.3 Å². The van der Waals surface area contributed by atoms with Crippen LogP contribution in [0.15, 0.2) is 0 Å². The molecule has 1 aliphatic carbocycles. The van der Waals surface area contributed by atoms with Crippen LogP contribution < -0.4 is 0 Å². The van der Waals surface area contributed by atoms with E-state index in [4.69, 9.17) is 9.47 Å². The average Bonchev–Trinajstić information content (AvgIpc) is 3.40. The van der Waals surface area contributed by atoms with Crippen LogP contribution in [-0.4, -0.2) is 87.8 Å². The minimum atomic E-state index is -0.190. The zero-order chi connectivity index (χ0) is 30.6. The molecule has 0 aromatic heterocycles. The molecule has 4 rings (SSSR count). The summed E-state index contributed by atoms with van der Waals surface area (Å²) in [5.74, 6) is 4.73. The van der Waals surface area contributed by atoms with Gasteiger partial charge in [-0.15, -0.1) is 0 Å². The molecule has 3 atom stereocenters. The fraction of sp³-hybridized carbons (Fsp3) is 1.00. The third-order valence-electron chi connectivity index (χ3n) is 8.89. The molecule has 6 heteroatoms. The minimum absolute atomic E-state index is 0.190. The van der Waals surface area contributed by atoms with E-state index < -0.39 is 0 Å². The van der Waals surface area contributed by atoms with Crippen LogP contribution in [-0.2, 0) is 9.47 Å². The number of nitrogens with zero attached hydrogens (tertiary/aromatic N) is 2. The van der Waals surface area contributed by atoms with Crippen molar-refractivity contribution in [3.05, 3.63) is 0 Å². The van der Waals surface area contributed by atoms with Gasteiger partial charge in [0.15, 0.2) is 0 Å². The molecule has 0 aromatic carbocycles. The number of alkyl halides is 2. The zero-order valence-corrected chi connectivity index (χ0v) is 28.5. The smallest absolute Gasteiger partial charge is 0.102 e. The van der Waals surface area contributed by atoms with Crippen molar-refractivity contribution >= 4 is 0 Å². The summed E-state index contributed by atoms with van der Waals surface area (Å²) in [5, 5.41) is 0. The van der Waals surface area contributed by atoms with Crippen LogP contribution in [0.4, 0.5) is 8.78 Å². The van der Waals surface area contributed by atoms with E-state index in [1.54, 1.807) is 0 Å². The van der Waals surface area contributed by atoms with Crippen LogP contribution >= 0.6 is 0 Å². The maximum Gasteiger partial charge on any atom is 0.102 e. The predicted octanol–water partition coefficient (Wildman–Crippen LogP) is 8.68. The predicted molar refractivity (Wildman–Crippen MR) is 172 cm³/mol. The highest BCUT2D eigenvalue weighted by Crippen LogP contribution is 2.25. The second-order valence-corrected chi connectivity index (χ2v) is 14.4. The van der Waals surface area contributed by atoms with Gasteiger partial charge in [0, 0.05) is 39.4 Å². The normalized spacial score (nSPS) is 25.2. The fourth-order valence-electron chi connectivity index (χ4n) is 5.68. The Balaban J connectivity index is 0.000000274. The number of ether oxygens (including phenoxy) is 2. The first-order valence-electron chi connectivity index (χ1n) is 17.3. The summed E-state index contributed by atoms with van der Waals surface area (Å²) < 4.78 is 34.9. The van der Waals surface area contributed by atoms with E-state index in [9.17, 15) is 8.78 Å². The van der Waals surface area contributed by atoms with Gasteiger partial charge in [0.25, 0.3) is 0 Å². The number of hydrogen-bond acceptors (Lipinski definition) is 4. The van der Waals surface area contributed by atoms with E-state index in [0.717, 1.165) is 74.9 Å². The monoisotopic (exact) mass is 589 g/mol. The standard InChI is InChI=1S/2C9H18FN.C9H18O.C8H16O/c2*1-8(2)9-3-5-11(7-9)6-4-10;1-8(2)7-9-5-3-4-6-10-9;1-7(2)5-6-9-8-3-4-8/h2*8-9H,3-7H2,1-2H3;8-9H,3-7H2,1-2H3;7-8H,3-6H2,1-2H3/t9-;;;/m1.../s1. The van der Waals surface area contributed by atoms with Crippen LogP contribution in [0.5, 0.6) is 0 Å². The molecule has 246 valence electrons. The van der Waals surface area contributed by atoms with Crippen LogP contribution in [0.2, 0.25) is 0 Å². The lowest BCUT2D eigenvalue weighted by Crippen LogP contribution is -2.24. The molecular formula is C35H70F2N2O2. The van der Waals surface area contributed by atoms with Gasteiger partial charge < -0.3 is 19.3 Å². The summed E-state index contributed by atoms with van der Waals surface area (Å²) in [5.41, 5.74) is 0. The van der Waals surface area contributed by atoms with Crippen molar-refractivity contribution in [1.82, 2.24) is 9.80 Å². The molecule has 0 spiro atoms. The summed E-state index contributed by atoms with van der Waals surface area (Å²) in [6, 6.07) is 0. The van der Waals surface area contributed by atoms with Gasteiger partial charge in [0.2, 0.25) is 0 Å². The molecule has 0 N–H and O–H groups in total. The van der Waals surface area contributed by atoms with E-state index in [1.165, 1.54) is 57.8 Å². The second-order valence-electron chi connectivity index (χ2n) is 14.4. The molecule has 0 radical (unpaired) electrons. The van der Waals surface area contributed by atoms with Gasteiger partial charge >= 0.3 is 0 Å². The molecule has 4 fully saturated rings. The number of halogens is 2. The molecule has 1 saturated carbocycles. The minimum Gasteiger partial charge on any atom is -0.378 e. The molecular weight excluding hydrogens is 518 g/mol. The maximum atomic E-state index is 11.9. The van der Waals surface area contributed by atoms with Crippen molar-refractivity contribution in [2.75, 3.05) is 65.8 Å². The molecule has 0 bridgehead atoms. The zero-order valence-electron chi connectivity index (χ0n) is 28.5. The van der Waals surface area contributed by atoms with E-state index in [2.05, 4.69) is 65.2 Å². The third kappa shape index (κ3) is 20.3. The van der Waals surface area contributed by atoms with Gasteiger partial charge in [-0.25, -0.2) is 8.78 Å². The van der Waals surface area contributed by atoms with Crippen LogP contribution in [0.1, 0.15) is 113 Å². The largest absolute Gasteiger partial charge is 0.378 e. The summed E-state index contributed by atoms with van der Waals surface area (Å²) in [6.07, 6.45) is 12.8. The maximum absolute atomic E-state index is 11.9. The average molecular weight is 589 g/mol. The summed E-state index contributed by atoms with van der Waals surface area (Å²) in [7, 11) is 0. The Hall–Kier alpha value is -0.300. The lowest BCUT2D eigenvalue weighted by atomic mass is 9.95. The van der Waals surface area contributed by atoms with Crippen molar-refractivity contribution < 1.29 is 18.3 Å². The van der Waals surface area contributed by atoms with Crippen LogP contribution in [0.25, 0.3) is 0 Å². The lowest BCUT2D eigenvalue weighted by molar-refractivity contribution is 0.00419. The Labute approximate surface area is 254 Å². The Kier molecular flexibility index (Phi) is 21.8. The van der Waals surface area contributed by atoms with Crippen LogP contribution in [0, 0.1) is 35.5 Å². The van der Waals surface area contributed by atoms with E-state index in [1.807, 2.05) is 0 Å². The first-order valence-corrected chi connectivity index (χ1v) is 17.3. The SMILES string of the molecule is CC(C)C1CCN(CCF)C1.CC(C)CC1CCCCO1.CC(C)CCOC1CC1.CC(C)[C@@H]1CCN(CCF)C1. The topological polar surface area (TPSA) is 24.9 Å². The molecule has 4 aliphatic rings. The Morgan fingerprint density at radius 2 is 1.24 bits per heavy atom. The van der Waals surface area contributed by atoms with Crippen molar-refractivity contribution in [2.45, 2.75) is 125 Å². The highest BCUT2D eigenvalue weighted by Gasteiger charge is 2.25. The van der Waals surface area contributed by atoms with Crippen molar-refractivity contribution in [2.24, 2.45) is 35.5 Å². The van der Waals surface area contributed by atoms with Gasteiger partial charge in [-0.1, -0.05) is 55.4 Å². The second kappa shape index (κ2) is 23.1. The number of hydrogen-bond donors (Lipinski definition) is 0.